The zero-order valence-electron chi connectivity index (χ0n) is 14.7. The molecule has 0 aliphatic carbocycles. The molecule has 25 heavy (non-hydrogen) atoms. The summed E-state index contributed by atoms with van der Waals surface area (Å²) in [7, 11) is -4.47. The molecule has 0 aromatic carbocycles. The second-order valence-electron chi connectivity index (χ2n) is 7.36. The van der Waals surface area contributed by atoms with Gasteiger partial charge in [-0.25, -0.2) is 8.42 Å². The molecule has 3 rings (SSSR count). The molecule has 3 heterocycles. The number of carbonyl (C=O) groups is 1. The first-order valence-electron chi connectivity index (χ1n) is 8.16. The SMILES string of the molecule is CC1(C)OB(c2ccc(S(=O)(=O)N3CCCC3C(=O)O)s2)OC1(C)C. The number of carboxylic acids is 1. The van der Waals surface area contributed by atoms with E-state index < -0.39 is 40.4 Å². The van der Waals surface area contributed by atoms with Gasteiger partial charge in [0.15, 0.2) is 0 Å². The van der Waals surface area contributed by atoms with E-state index in [9.17, 15) is 18.3 Å². The van der Waals surface area contributed by atoms with Crippen molar-refractivity contribution in [3.63, 3.8) is 0 Å². The Hall–Kier alpha value is -0.935. The van der Waals surface area contributed by atoms with Gasteiger partial charge in [0, 0.05) is 11.3 Å². The van der Waals surface area contributed by atoms with Crippen LogP contribution >= 0.6 is 11.3 Å². The summed E-state index contributed by atoms with van der Waals surface area (Å²) in [6.45, 7) is 7.95. The highest BCUT2D eigenvalue weighted by atomic mass is 32.2. The lowest BCUT2D eigenvalue weighted by atomic mass is 9.88. The van der Waals surface area contributed by atoms with Crippen LogP contribution in [0.25, 0.3) is 0 Å². The van der Waals surface area contributed by atoms with Crippen LogP contribution in [-0.2, 0) is 24.1 Å². The second-order valence-corrected chi connectivity index (χ2v) is 10.6. The fourth-order valence-corrected chi connectivity index (χ4v) is 6.01. The maximum absolute atomic E-state index is 12.8. The zero-order valence-corrected chi connectivity index (χ0v) is 16.3. The number of hydrogen-bond donors (Lipinski definition) is 1. The van der Waals surface area contributed by atoms with Crippen molar-refractivity contribution in [1.29, 1.82) is 0 Å². The lowest BCUT2D eigenvalue weighted by molar-refractivity contribution is -0.140. The van der Waals surface area contributed by atoms with E-state index in [-0.39, 0.29) is 10.8 Å². The summed E-state index contributed by atoms with van der Waals surface area (Å²) in [5.74, 6) is -1.11. The number of nitrogens with zero attached hydrogens (tertiary/aromatic N) is 1. The first-order valence-corrected chi connectivity index (χ1v) is 10.4. The van der Waals surface area contributed by atoms with E-state index in [1.807, 2.05) is 27.7 Å². The highest BCUT2D eigenvalue weighted by molar-refractivity contribution is 7.91. The average molecular weight is 387 g/mol. The molecule has 2 aliphatic rings. The lowest BCUT2D eigenvalue weighted by Gasteiger charge is -2.32. The Morgan fingerprint density at radius 1 is 1.28 bits per heavy atom. The molecule has 1 aromatic heterocycles. The van der Waals surface area contributed by atoms with Gasteiger partial charge in [0.1, 0.15) is 10.3 Å². The highest BCUT2D eigenvalue weighted by Gasteiger charge is 2.52. The predicted octanol–water partition coefficient (Wildman–Crippen LogP) is 1.28. The van der Waals surface area contributed by atoms with Gasteiger partial charge in [0.05, 0.1) is 11.2 Å². The molecule has 2 aliphatic heterocycles. The largest absolute Gasteiger partial charge is 0.505 e. The lowest BCUT2D eigenvalue weighted by Crippen LogP contribution is -2.41. The van der Waals surface area contributed by atoms with Gasteiger partial charge in [-0.05, 0) is 46.6 Å². The van der Waals surface area contributed by atoms with Crippen LogP contribution < -0.4 is 4.78 Å². The molecular formula is C15H22BNO6S2. The third-order valence-electron chi connectivity index (χ3n) is 5.14. The minimum absolute atomic E-state index is 0.116. The van der Waals surface area contributed by atoms with Crippen molar-refractivity contribution in [1.82, 2.24) is 4.31 Å². The van der Waals surface area contributed by atoms with Crippen molar-refractivity contribution in [2.45, 2.75) is 62.0 Å². The number of sulfonamides is 1. The van der Waals surface area contributed by atoms with Crippen molar-refractivity contribution in [3.8, 4) is 0 Å². The Labute approximate surface area is 152 Å². The summed E-state index contributed by atoms with van der Waals surface area (Å²) >= 11 is 1.07. The maximum Gasteiger partial charge on any atom is 0.505 e. The molecule has 0 bridgehead atoms. The highest BCUT2D eigenvalue weighted by Crippen LogP contribution is 2.37. The first kappa shape index (κ1) is 18.8. The molecule has 0 amide bonds. The monoisotopic (exact) mass is 387 g/mol. The Kier molecular flexibility index (Phi) is 4.56. The summed E-state index contributed by atoms with van der Waals surface area (Å²) in [5.41, 5.74) is -1.02. The van der Waals surface area contributed by atoms with E-state index in [0.29, 0.717) is 17.6 Å². The molecule has 0 radical (unpaired) electrons. The van der Waals surface area contributed by atoms with Crippen LogP contribution in [0, 0.1) is 0 Å². The Morgan fingerprint density at radius 3 is 2.44 bits per heavy atom. The standard InChI is InChI=1S/C15H22BNO6S2/c1-14(2)15(3,4)23-16(22-14)11-7-8-12(24-11)25(20,21)17-9-5-6-10(17)13(18)19/h7-8,10H,5-6,9H2,1-4H3,(H,18,19). The molecule has 0 saturated carbocycles. The van der Waals surface area contributed by atoms with Crippen LogP contribution in [0.2, 0.25) is 0 Å². The number of aliphatic carboxylic acids is 1. The third-order valence-corrected chi connectivity index (χ3v) is 8.62. The second kappa shape index (κ2) is 6.05. The van der Waals surface area contributed by atoms with Crippen LogP contribution in [0.3, 0.4) is 0 Å². The molecule has 1 aromatic rings. The molecule has 2 saturated heterocycles. The molecule has 1 unspecified atom stereocenters. The number of rotatable bonds is 4. The minimum atomic E-state index is -3.84. The number of carboxylic acid groups (broad SMARTS) is 1. The molecule has 138 valence electrons. The molecule has 7 nitrogen and oxygen atoms in total. The van der Waals surface area contributed by atoms with Crippen LogP contribution in [-0.4, -0.2) is 54.7 Å². The van der Waals surface area contributed by atoms with Crippen molar-refractivity contribution >= 4 is 39.2 Å². The van der Waals surface area contributed by atoms with Gasteiger partial charge in [-0.15, -0.1) is 11.3 Å². The van der Waals surface area contributed by atoms with Gasteiger partial charge in [-0.3, -0.25) is 4.79 Å². The third kappa shape index (κ3) is 3.14. The minimum Gasteiger partial charge on any atom is -0.480 e. The van der Waals surface area contributed by atoms with Gasteiger partial charge in [0.2, 0.25) is 0 Å². The maximum atomic E-state index is 12.8. The van der Waals surface area contributed by atoms with E-state index in [1.54, 1.807) is 6.07 Å². The molecule has 1 N–H and O–H groups in total. The summed E-state index contributed by atoms with van der Waals surface area (Å²) in [4.78, 5) is 11.3. The van der Waals surface area contributed by atoms with Crippen molar-refractivity contribution < 1.29 is 27.6 Å². The van der Waals surface area contributed by atoms with Crippen molar-refractivity contribution in [2.24, 2.45) is 0 Å². The fourth-order valence-electron chi connectivity index (χ4n) is 2.95. The van der Waals surface area contributed by atoms with E-state index in [0.717, 1.165) is 15.6 Å². The van der Waals surface area contributed by atoms with Gasteiger partial charge in [-0.2, -0.15) is 4.31 Å². The van der Waals surface area contributed by atoms with Gasteiger partial charge in [0.25, 0.3) is 10.0 Å². The van der Waals surface area contributed by atoms with Crippen molar-refractivity contribution in [3.05, 3.63) is 12.1 Å². The van der Waals surface area contributed by atoms with Gasteiger partial charge >= 0.3 is 13.1 Å². The predicted molar refractivity (Wildman–Crippen MR) is 94.6 cm³/mol. The summed E-state index contributed by atoms with van der Waals surface area (Å²) in [6, 6.07) is 2.18. The van der Waals surface area contributed by atoms with Crippen LogP contribution in [0.1, 0.15) is 40.5 Å². The van der Waals surface area contributed by atoms with E-state index in [4.69, 9.17) is 9.31 Å². The van der Waals surface area contributed by atoms with Gasteiger partial charge < -0.3 is 14.4 Å². The Bertz CT molecular complexity index is 772. The Morgan fingerprint density at radius 2 is 1.88 bits per heavy atom. The molecule has 0 spiro atoms. The van der Waals surface area contributed by atoms with E-state index in [1.165, 1.54) is 6.07 Å². The van der Waals surface area contributed by atoms with E-state index in [2.05, 4.69) is 0 Å². The van der Waals surface area contributed by atoms with Gasteiger partial charge in [-0.1, -0.05) is 6.07 Å². The first-order chi connectivity index (χ1) is 11.5. The van der Waals surface area contributed by atoms with Crippen LogP contribution in [0.4, 0.5) is 0 Å². The quantitative estimate of drug-likeness (QED) is 0.783. The number of hydrogen-bond acceptors (Lipinski definition) is 6. The zero-order chi connectivity index (χ0) is 18.6. The smallest absolute Gasteiger partial charge is 0.480 e. The van der Waals surface area contributed by atoms with Crippen molar-refractivity contribution in [2.75, 3.05) is 6.54 Å². The molecule has 2 fully saturated rings. The van der Waals surface area contributed by atoms with Crippen LogP contribution in [0.15, 0.2) is 16.3 Å². The summed E-state index contributed by atoms with van der Waals surface area (Å²) in [6.07, 6.45) is 0.885. The molecule has 1 atom stereocenters. The Balaban J connectivity index is 1.86. The van der Waals surface area contributed by atoms with Crippen LogP contribution in [0.5, 0.6) is 0 Å². The molecular weight excluding hydrogens is 365 g/mol. The average Bonchev–Trinajstić information content (AvgIpc) is 3.18. The number of thiophene rings is 1. The normalized spacial score (nSPS) is 26.2. The molecule has 10 heteroatoms. The fraction of sp³-hybridized carbons (Fsp3) is 0.667. The van der Waals surface area contributed by atoms with E-state index >= 15 is 0 Å². The summed E-state index contributed by atoms with van der Waals surface area (Å²) < 4.78 is 39.4. The summed E-state index contributed by atoms with van der Waals surface area (Å²) in [5, 5.41) is 9.24. The topological polar surface area (TPSA) is 93.1 Å².